The molecule has 4 rings (SSSR count). The van der Waals surface area contributed by atoms with Gasteiger partial charge in [-0.2, -0.15) is 0 Å². The monoisotopic (exact) mass is 383 g/mol. The van der Waals surface area contributed by atoms with Crippen molar-refractivity contribution in [1.29, 1.82) is 0 Å². The predicted octanol–water partition coefficient (Wildman–Crippen LogP) is 1.69. The third-order valence-electron chi connectivity index (χ3n) is 6.13. The number of urea groups is 1. The first-order chi connectivity index (χ1) is 13.4. The number of amides is 4. The fraction of sp³-hybridized carbons (Fsp3) is 0.500. The summed E-state index contributed by atoms with van der Waals surface area (Å²) in [6, 6.07) is 7.25. The number of aryl methyl sites for hydroxylation is 1. The van der Waals surface area contributed by atoms with Crippen molar-refractivity contribution in [3.8, 4) is 0 Å². The number of imide groups is 1. The molecule has 148 valence electrons. The van der Waals surface area contributed by atoms with E-state index >= 15 is 0 Å². The molecule has 4 amide bonds. The maximum Gasteiger partial charge on any atom is 0.325 e. The molecule has 1 saturated carbocycles. The Morgan fingerprint density at radius 3 is 2.86 bits per heavy atom. The van der Waals surface area contributed by atoms with Crippen molar-refractivity contribution in [3.05, 3.63) is 30.1 Å². The van der Waals surface area contributed by atoms with Crippen LogP contribution in [0, 0.1) is 5.92 Å². The van der Waals surface area contributed by atoms with Gasteiger partial charge in [0.1, 0.15) is 17.9 Å². The zero-order valence-corrected chi connectivity index (χ0v) is 16.2. The Kier molecular flexibility index (Phi) is 4.56. The van der Waals surface area contributed by atoms with Gasteiger partial charge in [0.25, 0.3) is 5.91 Å². The zero-order chi connectivity index (χ0) is 19.9. The highest BCUT2D eigenvalue weighted by Gasteiger charge is 2.55. The van der Waals surface area contributed by atoms with E-state index < -0.39 is 11.6 Å². The minimum Gasteiger partial charge on any atom is -0.347 e. The van der Waals surface area contributed by atoms with E-state index in [1.165, 1.54) is 0 Å². The summed E-state index contributed by atoms with van der Waals surface area (Å²) in [6.45, 7) is 1.95. The molecule has 1 aromatic heterocycles. The topological polar surface area (TPSA) is 96.3 Å². The summed E-state index contributed by atoms with van der Waals surface area (Å²) in [4.78, 5) is 43.3. The van der Waals surface area contributed by atoms with Gasteiger partial charge in [0.05, 0.1) is 17.6 Å². The highest BCUT2D eigenvalue weighted by atomic mass is 16.2. The number of imidazole rings is 1. The Balaban J connectivity index is 1.41. The summed E-state index contributed by atoms with van der Waals surface area (Å²) >= 11 is 0. The lowest BCUT2D eigenvalue weighted by molar-refractivity contribution is -0.137. The van der Waals surface area contributed by atoms with E-state index in [4.69, 9.17) is 0 Å². The molecule has 0 radical (unpaired) electrons. The maximum atomic E-state index is 12.9. The van der Waals surface area contributed by atoms with E-state index in [-0.39, 0.29) is 30.8 Å². The van der Waals surface area contributed by atoms with E-state index in [2.05, 4.69) is 15.6 Å². The molecular formula is C20H25N5O3. The first-order valence-corrected chi connectivity index (χ1v) is 9.73. The molecule has 2 N–H and O–H groups in total. The third-order valence-corrected chi connectivity index (χ3v) is 6.13. The van der Waals surface area contributed by atoms with Crippen LogP contribution in [0.25, 0.3) is 11.0 Å². The Labute approximate surface area is 163 Å². The van der Waals surface area contributed by atoms with Crippen LogP contribution in [0.1, 0.15) is 38.4 Å². The first-order valence-electron chi connectivity index (χ1n) is 9.73. The van der Waals surface area contributed by atoms with Gasteiger partial charge in [-0.05, 0) is 30.9 Å². The second kappa shape index (κ2) is 6.92. The normalized spacial score (nSPS) is 24.8. The van der Waals surface area contributed by atoms with E-state index in [9.17, 15) is 14.4 Å². The van der Waals surface area contributed by atoms with Crippen molar-refractivity contribution in [2.24, 2.45) is 13.0 Å². The molecule has 8 nitrogen and oxygen atoms in total. The van der Waals surface area contributed by atoms with Gasteiger partial charge in [0.15, 0.2) is 0 Å². The minimum absolute atomic E-state index is 0.0748. The number of nitrogens with one attached hydrogen (secondary N) is 2. The number of hydrogen-bond acceptors (Lipinski definition) is 4. The summed E-state index contributed by atoms with van der Waals surface area (Å²) in [5, 5.41) is 5.64. The van der Waals surface area contributed by atoms with Crippen LogP contribution in [-0.2, 0) is 23.2 Å². The van der Waals surface area contributed by atoms with Crippen molar-refractivity contribution >= 4 is 28.9 Å². The molecule has 0 unspecified atom stereocenters. The Bertz CT molecular complexity index is 952. The molecule has 2 aliphatic rings. The van der Waals surface area contributed by atoms with Crippen molar-refractivity contribution in [3.63, 3.8) is 0 Å². The molecule has 1 aliphatic heterocycles. The number of carbonyl (C=O) groups excluding carboxylic acids is 3. The largest absolute Gasteiger partial charge is 0.347 e. The van der Waals surface area contributed by atoms with Gasteiger partial charge >= 0.3 is 6.03 Å². The Morgan fingerprint density at radius 2 is 2.11 bits per heavy atom. The van der Waals surface area contributed by atoms with Gasteiger partial charge in [-0.1, -0.05) is 31.9 Å². The van der Waals surface area contributed by atoms with Crippen LogP contribution >= 0.6 is 0 Å². The second-order valence-corrected chi connectivity index (χ2v) is 7.79. The van der Waals surface area contributed by atoms with Gasteiger partial charge in [-0.25, -0.2) is 9.78 Å². The first kappa shape index (κ1) is 18.5. The summed E-state index contributed by atoms with van der Waals surface area (Å²) in [6.07, 6.45) is 3.50. The van der Waals surface area contributed by atoms with Gasteiger partial charge in [-0.3, -0.25) is 14.5 Å². The van der Waals surface area contributed by atoms with Crippen LogP contribution in [0.2, 0.25) is 0 Å². The summed E-state index contributed by atoms with van der Waals surface area (Å²) in [5.41, 5.74) is 0.998. The number of fused-ring (bicyclic) bond motifs is 1. The highest BCUT2D eigenvalue weighted by molar-refractivity contribution is 6.09. The van der Waals surface area contributed by atoms with Crippen LogP contribution in [0.4, 0.5) is 4.79 Å². The summed E-state index contributed by atoms with van der Waals surface area (Å²) in [5.74, 6) is 0.133. The second-order valence-electron chi connectivity index (χ2n) is 7.79. The maximum absolute atomic E-state index is 12.9. The van der Waals surface area contributed by atoms with E-state index in [0.29, 0.717) is 12.2 Å². The predicted molar refractivity (Wildman–Crippen MR) is 103 cm³/mol. The minimum atomic E-state index is -0.840. The van der Waals surface area contributed by atoms with Crippen molar-refractivity contribution in [2.45, 2.75) is 44.7 Å². The molecule has 28 heavy (non-hydrogen) atoms. The lowest BCUT2D eigenvalue weighted by Crippen LogP contribution is -2.54. The van der Waals surface area contributed by atoms with E-state index in [1.807, 2.05) is 42.8 Å². The van der Waals surface area contributed by atoms with Crippen molar-refractivity contribution < 1.29 is 14.4 Å². The molecule has 1 aromatic carbocycles. The Morgan fingerprint density at radius 1 is 1.32 bits per heavy atom. The lowest BCUT2D eigenvalue weighted by Gasteiger charge is -2.36. The quantitative estimate of drug-likeness (QED) is 0.786. The molecular weight excluding hydrogens is 358 g/mol. The van der Waals surface area contributed by atoms with E-state index in [1.54, 1.807) is 0 Å². The van der Waals surface area contributed by atoms with Crippen LogP contribution in [-0.4, -0.2) is 44.4 Å². The van der Waals surface area contributed by atoms with Crippen LogP contribution in [0.5, 0.6) is 0 Å². The number of aromatic nitrogens is 2. The average Bonchev–Trinajstić information content (AvgIpc) is 3.12. The molecule has 1 saturated heterocycles. The molecule has 2 aromatic rings. The van der Waals surface area contributed by atoms with E-state index in [0.717, 1.165) is 35.2 Å². The van der Waals surface area contributed by atoms with Crippen LogP contribution in [0.3, 0.4) is 0 Å². The summed E-state index contributed by atoms with van der Waals surface area (Å²) in [7, 11) is 1.89. The molecule has 1 aliphatic carbocycles. The van der Waals surface area contributed by atoms with Crippen LogP contribution < -0.4 is 10.6 Å². The average molecular weight is 383 g/mol. The van der Waals surface area contributed by atoms with Gasteiger partial charge in [0.2, 0.25) is 5.91 Å². The fourth-order valence-electron chi connectivity index (χ4n) is 4.37. The number of carbonyl (C=O) groups is 3. The van der Waals surface area contributed by atoms with Crippen LogP contribution in [0.15, 0.2) is 24.3 Å². The highest BCUT2D eigenvalue weighted by Crippen LogP contribution is 2.38. The zero-order valence-electron chi connectivity index (χ0n) is 16.2. The van der Waals surface area contributed by atoms with Gasteiger partial charge in [0, 0.05) is 7.05 Å². The summed E-state index contributed by atoms with van der Waals surface area (Å²) < 4.78 is 1.92. The lowest BCUT2D eigenvalue weighted by atomic mass is 9.73. The number of benzene rings is 1. The molecule has 2 fully saturated rings. The van der Waals surface area contributed by atoms with Gasteiger partial charge < -0.3 is 15.2 Å². The number of para-hydroxylation sites is 2. The SMILES string of the molecule is C[C@H]1CCCC[C@]12NC(=O)N(CC(=O)NCc1nc3ccccc3n1C)C2=O. The Hall–Kier alpha value is -2.90. The van der Waals surface area contributed by atoms with Gasteiger partial charge in [-0.15, -0.1) is 0 Å². The van der Waals surface area contributed by atoms with Crippen molar-refractivity contribution in [2.75, 3.05) is 6.54 Å². The number of rotatable bonds is 4. The molecule has 2 atom stereocenters. The fourth-order valence-corrected chi connectivity index (χ4v) is 4.37. The molecule has 1 spiro atoms. The third kappa shape index (κ3) is 2.93. The molecule has 0 bridgehead atoms. The van der Waals surface area contributed by atoms with Crippen molar-refractivity contribution in [1.82, 2.24) is 25.1 Å². The standard InChI is InChI=1S/C20H25N5O3/c1-13-7-5-6-10-20(13)18(27)25(19(28)23-20)12-17(26)21-11-16-22-14-8-3-4-9-15(14)24(16)2/h3-4,8-9,13H,5-7,10-12H2,1-2H3,(H,21,26)(H,23,28)/t13-,20-/m0/s1. The molecule has 8 heteroatoms. The number of hydrogen-bond donors (Lipinski definition) is 2. The molecule has 2 heterocycles. The number of nitrogens with zero attached hydrogens (tertiary/aromatic N) is 3. The smallest absolute Gasteiger partial charge is 0.325 e.